The molecule has 0 fully saturated rings. The first-order valence-electron chi connectivity index (χ1n) is 4.08. The first-order chi connectivity index (χ1) is 7.66. The van der Waals surface area contributed by atoms with Crippen molar-refractivity contribution in [1.29, 1.82) is 0 Å². The third kappa shape index (κ3) is 2.63. The predicted molar refractivity (Wildman–Crippen MR) is 67.5 cm³/mol. The zero-order valence-electron chi connectivity index (χ0n) is 7.65. The molecule has 0 saturated carbocycles. The molecule has 0 saturated heterocycles. The predicted octanol–water partition coefficient (Wildman–Crippen LogP) is 2.71. The van der Waals surface area contributed by atoms with Crippen molar-refractivity contribution in [2.75, 3.05) is 5.32 Å². The van der Waals surface area contributed by atoms with Gasteiger partial charge in [0, 0.05) is 20.5 Å². The summed E-state index contributed by atoms with van der Waals surface area (Å²) in [6, 6.07) is 5.29. The summed E-state index contributed by atoms with van der Waals surface area (Å²) < 4.78 is 5.15. The molecule has 82 valence electrons. The van der Waals surface area contributed by atoms with Crippen LogP contribution < -0.4 is 5.32 Å². The summed E-state index contributed by atoms with van der Waals surface area (Å²) in [4.78, 5) is 11.8. The molecule has 8 heteroatoms. The maximum Gasteiger partial charge on any atom is 0.258 e. The minimum Gasteiger partial charge on any atom is -0.295 e. The van der Waals surface area contributed by atoms with Crippen molar-refractivity contribution in [2.45, 2.75) is 0 Å². The van der Waals surface area contributed by atoms with Crippen molar-refractivity contribution < 1.29 is 4.79 Å². The molecule has 5 nitrogen and oxygen atoms in total. The van der Waals surface area contributed by atoms with Crippen LogP contribution in [0.2, 0.25) is 0 Å². The second kappa shape index (κ2) is 4.98. The third-order valence-corrected chi connectivity index (χ3v) is 3.36. The van der Waals surface area contributed by atoms with Crippen LogP contribution >= 0.6 is 43.4 Å². The molecule has 0 aliphatic heterocycles. The Labute approximate surface area is 112 Å². The van der Waals surface area contributed by atoms with Gasteiger partial charge in [-0.3, -0.25) is 10.1 Å². The van der Waals surface area contributed by atoms with E-state index >= 15 is 0 Å². The molecule has 0 radical (unpaired) electrons. The van der Waals surface area contributed by atoms with E-state index in [1.165, 1.54) is 0 Å². The molecule has 1 heterocycles. The minimum absolute atomic E-state index is 0.252. The first-order valence-corrected chi connectivity index (χ1v) is 6.44. The van der Waals surface area contributed by atoms with E-state index in [1.807, 2.05) is 0 Å². The topological polar surface area (TPSA) is 67.8 Å². The van der Waals surface area contributed by atoms with Crippen LogP contribution in [-0.4, -0.2) is 20.7 Å². The fourth-order valence-corrected chi connectivity index (χ4v) is 2.61. The van der Waals surface area contributed by atoms with Gasteiger partial charge in [0.1, 0.15) is 0 Å². The monoisotopic (exact) mass is 362 g/mol. The van der Waals surface area contributed by atoms with Gasteiger partial charge in [0.2, 0.25) is 5.13 Å². The van der Waals surface area contributed by atoms with Gasteiger partial charge in [0.15, 0.2) is 0 Å². The number of carbonyl (C=O) groups excluding carboxylic acids is 1. The number of carbonyl (C=O) groups is 1. The summed E-state index contributed by atoms with van der Waals surface area (Å²) >= 11 is 7.65. The number of hydrogen-bond donors (Lipinski definition) is 1. The average Bonchev–Trinajstić information content (AvgIpc) is 2.70. The largest absolute Gasteiger partial charge is 0.295 e. The molecule has 0 spiro atoms. The fourth-order valence-electron chi connectivity index (χ4n) is 1.02. The van der Waals surface area contributed by atoms with E-state index in [2.05, 4.69) is 52.0 Å². The van der Waals surface area contributed by atoms with Gasteiger partial charge in [-0.05, 0) is 39.3 Å². The van der Waals surface area contributed by atoms with Crippen LogP contribution in [0.5, 0.6) is 0 Å². The highest BCUT2D eigenvalue weighted by Gasteiger charge is 2.12. The lowest BCUT2D eigenvalue weighted by Crippen LogP contribution is -2.12. The molecular formula is C8H4Br2N4OS. The van der Waals surface area contributed by atoms with Gasteiger partial charge in [-0.25, -0.2) is 0 Å². The van der Waals surface area contributed by atoms with E-state index in [4.69, 9.17) is 0 Å². The van der Waals surface area contributed by atoms with Crippen molar-refractivity contribution in [3.05, 3.63) is 32.7 Å². The van der Waals surface area contributed by atoms with Crippen molar-refractivity contribution in [3.8, 4) is 0 Å². The Bertz CT molecular complexity index is 517. The van der Waals surface area contributed by atoms with Gasteiger partial charge >= 0.3 is 0 Å². The van der Waals surface area contributed by atoms with Crippen LogP contribution in [-0.2, 0) is 0 Å². The lowest BCUT2D eigenvalue weighted by molar-refractivity contribution is 0.102. The number of anilines is 1. The lowest BCUT2D eigenvalue weighted by atomic mass is 10.2. The second-order valence-corrected chi connectivity index (χ2v) is 5.25. The molecule has 0 atom stereocenters. The number of aromatic nitrogens is 3. The smallest absolute Gasteiger partial charge is 0.258 e. The normalized spacial score (nSPS) is 10.1. The summed E-state index contributed by atoms with van der Waals surface area (Å²) in [6.07, 6.45) is 0. The molecule has 1 amide bonds. The Morgan fingerprint density at radius 1 is 1.38 bits per heavy atom. The van der Waals surface area contributed by atoms with Crippen LogP contribution in [0.4, 0.5) is 5.13 Å². The molecule has 2 rings (SSSR count). The molecule has 0 aliphatic carbocycles. The molecule has 16 heavy (non-hydrogen) atoms. The Morgan fingerprint density at radius 2 is 2.19 bits per heavy atom. The first kappa shape index (κ1) is 11.6. The van der Waals surface area contributed by atoms with Crippen LogP contribution in [0.1, 0.15) is 10.4 Å². The summed E-state index contributed by atoms with van der Waals surface area (Å²) in [5.41, 5.74) is 0.526. The maximum absolute atomic E-state index is 11.8. The average molecular weight is 364 g/mol. The lowest BCUT2D eigenvalue weighted by Gasteiger charge is -2.03. The molecule has 1 aromatic heterocycles. The summed E-state index contributed by atoms with van der Waals surface area (Å²) in [7, 11) is 0. The van der Waals surface area contributed by atoms with Crippen molar-refractivity contribution in [1.82, 2.24) is 14.8 Å². The SMILES string of the molecule is O=C(Nc1nnns1)c1ccc(Br)cc1Br. The zero-order valence-corrected chi connectivity index (χ0v) is 11.6. The number of nitrogens with one attached hydrogen (secondary N) is 1. The van der Waals surface area contributed by atoms with Crippen molar-refractivity contribution in [2.24, 2.45) is 0 Å². The van der Waals surface area contributed by atoms with Gasteiger partial charge in [-0.15, -0.1) is 0 Å². The van der Waals surface area contributed by atoms with Gasteiger partial charge in [0.25, 0.3) is 5.91 Å². The Kier molecular flexibility index (Phi) is 3.62. The van der Waals surface area contributed by atoms with Gasteiger partial charge < -0.3 is 0 Å². The maximum atomic E-state index is 11.8. The Hall–Kier alpha value is -0.860. The van der Waals surface area contributed by atoms with E-state index < -0.39 is 0 Å². The summed E-state index contributed by atoms with van der Waals surface area (Å²) in [6.45, 7) is 0. The minimum atomic E-state index is -0.252. The van der Waals surface area contributed by atoms with Gasteiger partial charge in [-0.2, -0.15) is 0 Å². The highest BCUT2D eigenvalue weighted by atomic mass is 79.9. The number of benzene rings is 1. The molecular weight excluding hydrogens is 360 g/mol. The fraction of sp³-hybridized carbons (Fsp3) is 0. The number of halogens is 2. The molecule has 0 aliphatic rings. The number of hydrogen-bond acceptors (Lipinski definition) is 5. The van der Waals surface area contributed by atoms with Gasteiger partial charge in [-0.1, -0.05) is 25.5 Å². The number of amides is 1. The van der Waals surface area contributed by atoms with E-state index in [1.54, 1.807) is 18.2 Å². The van der Waals surface area contributed by atoms with E-state index in [0.29, 0.717) is 15.2 Å². The summed E-state index contributed by atoms with van der Waals surface area (Å²) in [5, 5.41) is 9.99. The van der Waals surface area contributed by atoms with E-state index in [-0.39, 0.29) is 5.91 Å². The highest BCUT2D eigenvalue weighted by molar-refractivity contribution is 9.11. The standard InChI is InChI=1S/C8H4Br2N4OS/c9-4-1-2-5(6(10)3-4)7(15)11-8-12-13-14-16-8/h1-3H,(H,11,12,14,15). The van der Waals surface area contributed by atoms with Crippen LogP contribution in [0, 0.1) is 0 Å². The number of nitrogens with zero attached hydrogens (tertiary/aromatic N) is 3. The number of rotatable bonds is 2. The Balaban J connectivity index is 2.21. The van der Waals surface area contributed by atoms with Crippen molar-refractivity contribution >= 4 is 54.4 Å². The Morgan fingerprint density at radius 3 is 2.81 bits per heavy atom. The van der Waals surface area contributed by atoms with Crippen LogP contribution in [0.3, 0.4) is 0 Å². The molecule has 0 unspecified atom stereocenters. The molecule has 2 aromatic rings. The molecule has 1 aromatic carbocycles. The highest BCUT2D eigenvalue weighted by Crippen LogP contribution is 2.22. The van der Waals surface area contributed by atoms with Crippen LogP contribution in [0.25, 0.3) is 0 Å². The zero-order chi connectivity index (χ0) is 11.5. The molecule has 0 bridgehead atoms. The van der Waals surface area contributed by atoms with Crippen molar-refractivity contribution in [3.63, 3.8) is 0 Å². The second-order valence-electron chi connectivity index (χ2n) is 2.75. The van der Waals surface area contributed by atoms with Gasteiger partial charge in [0.05, 0.1) is 5.56 Å². The molecule has 1 N–H and O–H groups in total. The van der Waals surface area contributed by atoms with E-state index in [0.717, 1.165) is 16.0 Å². The van der Waals surface area contributed by atoms with E-state index in [9.17, 15) is 4.79 Å². The quantitative estimate of drug-likeness (QED) is 0.890. The van der Waals surface area contributed by atoms with Crippen LogP contribution in [0.15, 0.2) is 27.1 Å². The summed E-state index contributed by atoms with van der Waals surface area (Å²) in [5.74, 6) is -0.252. The third-order valence-electron chi connectivity index (χ3n) is 1.70.